The van der Waals surface area contributed by atoms with Gasteiger partial charge >= 0.3 is 0 Å². The highest BCUT2D eigenvalue weighted by Gasteiger charge is 2.13. The van der Waals surface area contributed by atoms with Gasteiger partial charge in [-0.2, -0.15) is 9.50 Å². The van der Waals surface area contributed by atoms with Crippen molar-refractivity contribution in [2.45, 2.75) is 23.5 Å². The molecule has 4 aromatic rings. The summed E-state index contributed by atoms with van der Waals surface area (Å²) in [5.74, 6) is -0.763. The molecule has 0 unspecified atom stereocenters. The van der Waals surface area contributed by atoms with E-state index in [-0.39, 0.29) is 22.3 Å². The third-order valence-electron chi connectivity index (χ3n) is 4.16. The van der Waals surface area contributed by atoms with Crippen LogP contribution in [0.4, 0.5) is 8.78 Å². The fourth-order valence-electron chi connectivity index (χ4n) is 2.77. The van der Waals surface area contributed by atoms with Crippen molar-refractivity contribution in [3.63, 3.8) is 0 Å². The Morgan fingerprint density at radius 1 is 0.964 bits per heavy atom. The first-order valence-corrected chi connectivity index (χ1v) is 9.64. The minimum absolute atomic E-state index is 0.0984. The Balaban J connectivity index is 1.50. The average molecular weight is 398 g/mol. The lowest BCUT2D eigenvalue weighted by Crippen LogP contribution is -1.97. The summed E-state index contributed by atoms with van der Waals surface area (Å²) >= 11 is 1.10. The second-order valence-corrected chi connectivity index (χ2v) is 7.19. The molecule has 2 heterocycles. The van der Waals surface area contributed by atoms with Gasteiger partial charge < -0.3 is 5.11 Å². The number of hydrogen-bond acceptors (Lipinski definition) is 5. The second kappa shape index (κ2) is 7.93. The van der Waals surface area contributed by atoms with Gasteiger partial charge in [0.05, 0.1) is 5.69 Å². The van der Waals surface area contributed by atoms with Crippen molar-refractivity contribution in [1.29, 1.82) is 0 Å². The smallest absolute Gasteiger partial charge is 0.255 e. The van der Waals surface area contributed by atoms with E-state index in [1.807, 2.05) is 30.3 Å². The van der Waals surface area contributed by atoms with Crippen LogP contribution in [0.5, 0.6) is 5.88 Å². The molecule has 0 aliphatic carbocycles. The van der Waals surface area contributed by atoms with Crippen LogP contribution in [0, 0.1) is 11.6 Å². The number of aromatic nitrogens is 4. The van der Waals surface area contributed by atoms with E-state index >= 15 is 0 Å². The van der Waals surface area contributed by atoms with Crippen molar-refractivity contribution in [3.8, 4) is 5.88 Å². The Hall–Kier alpha value is -3.00. The molecule has 5 nitrogen and oxygen atoms in total. The average Bonchev–Trinajstić information content (AvgIpc) is 3.12. The van der Waals surface area contributed by atoms with E-state index in [2.05, 4.69) is 15.1 Å². The monoisotopic (exact) mass is 398 g/mol. The molecule has 0 fully saturated rings. The standard InChI is InChI=1S/C20H16F2N4OS/c21-15-7-4-8-16(19(15)22)28-12-14-11-18(27)26-20(23-14)24-17(25-26)10-9-13-5-2-1-3-6-13/h1-8,11,27H,9-10,12H2. The Morgan fingerprint density at radius 3 is 2.61 bits per heavy atom. The van der Waals surface area contributed by atoms with Crippen molar-refractivity contribution in [3.05, 3.63) is 83.3 Å². The third-order valence-corrected chi connectivity index (χ3v) is 5.23. The molecule has 142 valence electrons. The lowest BCUT2D eigenvalue weighted by atomic mass is 10.1. The normalized spacial score (nSPS) is 11.2. The first kappa shape index (κ1) is 18.4. The number of benzene rings is 2. The fourth-order valence-corrected chi connectivity index (χ4v) is 3.62. The molecule has 0 atom stereocenters. The zero-order valence-electron chi connectivity index (χ0n) is 14.7. The molecule has 0 aliphatic rings. The molecule has 0 bridgehead atoms. The van der Waals surface area contributed by atoms with Crippen LogP contribution in [0.1, 0.15) is 17.1 Å². The van der Waals surface area contributed by atoms with Crippen LogP contribution >= 0.6 is 11.8 Å². The summed E-state index contributed by atoms with van der Waals surface area (Å²) in [7, 11) is 0. The van der Waals surface area contributed by atoms with Gasteiger partial charge in [0.1, 0.15) is 0 Å². The third kappa shape index (κ3) is 3.96. The number of aromatic hydroxyl groups is 1. The first-order chi connectivity index (χ1) is 13.6. The van der Waals surface area contributed by atoms with E-state index in [1.54, 1.807) is 0 Å². The lowest BCUT2D eigenvalue weighted by Gasteiger charge is -2.04. The highest BCUT2D eigenvalue weighted by atomic mass is 32.2. The Labute approximate surface area is 164 Å². The summed E-state index contributed by atoms with van der Waals surface area (Å²) in [5.41, 5.74) is 1.67. The van der Waals surface area contributed by atoms with Gasteiger partial charge in [-0.25, -0.2) is 13.8 Å². The molecule has 28 heavy (non-hydrogen) atoms. The molecule has 0 saturated heterocycles. The highest BCUT2D eigenvalue weighted by molar-refractivity contribution is 7.98. The van der Waals surface area contributed by atoms with Crippen molar-refractivity contribution < 1.29 is 13.9 Å². The maximum atomic E-state index is 13.8. The largest absolute Gasteiger partial charge is 0.493 e. The molecule has 4 rings (SSSR count). The Morgan fingerprint density at radius 2 is 1.79 bits per heavy atom. The van der Waals surface area contributed by atoms with Gasteiger partial charge in [-0.1, -0.05) is 36.4 Å². The van der Waals surface area contributed by atoms with Crippen LogP contribution < -0.4 is 0 Å². The molecular formula is C20H16F2N4OS. The molecule has 0 amide bonds. The van der Waals surface area contributed by atoms with Gasteiger partial charge in [0.15, 0.2) is 17.5 Å². The Kier molecular flexibility index (Phi) is 5.21. The molecule has 0 spiro atoms. The number of thioether (sulfide) groups is 1. The summed E-state index contributed by atoms with van der Waals surface area (Å²) < 4.78 is 28.4. The highest BCUT2D eigenvalue weighted by Crippen LogP contribution is 2.27. The molecular weight excluding hydrogens is 382 g/mol. The summed E-state index contributed by atoms with van der Waals surface area (Å²) in [6.45, 7) is 0. The van der Waals surface area contributed by atoms with Crippen LogP contribution in [0.25, 0.3) is 5.78 Å². The predicted octanol–water partition coefficient (Wildman–Crippen LogP) is 4.19. The molecule has 0 radical (unpaired) electrons. The van der Waals surface area contributed by atoms with E-state index in [9.17, 15) is 13.9 Å². The van der Waals surface area contributed by atoms with Crippen molar-refractivity contribution in [2.24, 2.45) is 0 Å². The van der Waals surface area contributed by atoms with E-state index in [4.69, 9.17) is 0 Å². The van der Waals surface area contributed by atoms with E-state index in [1.165, 1.54) is 28.3 Å². The second-order valence-electron chi connectivity index (χ2n) is 6.17. The minimum Gasteiger partial charge on any atom is -0.493 e. The summed E-state index contributed by atoms with van der Waals surface area (Å²) in [6, 6.07) is 15.5. The molecule has 0 aliphatic heterocycles. The number of fused-ring (bicyclic) bond motifs is 1. The predicted molar refractivity (Wildman–Crippen MR) is 102 cm³/mol. The van der Waals surface area contributed by atoms with Crippen LogP contribution in [0.2, 0.25) is 0 Å². The van der Waals surface area contributed by atoms with Crippen molar-refractivity contribution in [2.75, 3.05) is 0 Å². The van der Waals surface area contributed by atoms with E-state index in [0.29, 0.717) is 17.9 Å². The van der Waals surface area contributed by atoms with Gasteiger partial charge in [0, 0.05) is 23.1 Å². The Bertz CT molecular complexity index is 1120. The maximum Gasteiger partial charge on any atom is 0.255 e. The molecule has 8 heteroatoms. The summed E-state index contributed by atoms with van der Waals surface area (Å²) in [5, 5.41) is 14.5. The SMILES string of the molecule is Oc1cc(CSc2cccc(F)c2F)nc2nc(CCc3ccccc3)nn12. The van der Waals surface area contributed by atoms with Crippen molar-refractivity contribution >= 4 is 17.5 Å². The number of hydrogen-bond donors (Lipinski definition) is 1. The first-order valence-electron chi connectivity index (χ1n) is 8.65. The van der Waals surface area contributed by atoms with E-state index < -0.39 is 11.6 Å². The quantitative estimate of drug-likeness (QED) is 0.494. The molecule has 2 aromatic carbocycles. The van der Waals surface area contributed by atoms with Gasteiger partial charge in [0.25, 0.3) is 5.78 Å². The summed E-state index contributed by atoms with van der Waals surface area (Å²) in [4.78, 5) is 8.93. The number of aryl methyl sites for hydroxylation is 2. The van der Waals surface area contributed by atoms with Crippen LogP contribution in [-0.4, -0.2) is 24.7 Å². The zero-order chi connectivity index (χ0) is 19.5. The number of halogens is 2. The lowest BCUT2D eigenvalue weighted by molar-refractivity contribution is 0.433. The topological polar surface area (TPSA) is 63.3 Å². The van der Waals surface area contributed by atoms with Gasteiger partial charge in [-0.3, -0.25) is 0 Å². The van der Waals surface area contributed by atoms with E-state index in [0.717, 1.165) is 24.2 Å². The molecule has 0 saturated carbocycles. The number of rotatable bonds is 6. The van der Waals surface area contributed by atoms with Gasteiger partial charge in [-0.05, 0) is 24.1 Å². The maximum absolute atomic E-state index is 13.8. The van der Waals surface area contributed by atoms with Crippen molar-refractivity contribution in [1.82, 2.24) is 19.6 Å². The summed E-state index contributed by atoms with van der Waals surface area (Å²) in [6.07, 6.45) is 1.39. The van der Waals surface area contributed by atoms with Crippen LogP contribution in [0.3, 0.4) is 0 Å². The molecule has 2 aromatic heterocycles. The number of nitrogens with zero attached hydrogens (tertiary/aromatic N) is 4. The van der Waals surface area contributed by atoms with Gasteiger partial charge in [-0.15, -0.1) is 16.9 Å². The van der Waals surface area contributed by atoms with Crippen LogP contribution in [-0.2, 0) is 18.6 Å². The zero-order valence-corrected chi connectivity index (χ0v) is 15.5. The fraction of sp³-hybridized carbons (Fsp3) is 0.150. The molecule has 1 N–H and O–H groups in total. The van der Waals surface area contributed by atoms with Crippen LogP contribution in [0.15, 0.2) is 59.5 Å². The van der Waals surface area contributed by atoms with Gasteiger partial charge in [0.2, 0.25) is 5.88 Å². The minimum atomic E-state index is -0.892.